The molecule has 1 nitrogen and oxygen atoms in total. The Balaban J connectivity index is 2.02. The lowest BCUT2D eigenvalue weighted by Crippen LogP contribution is -2.10. The van der Waals surface area contributed by atoms with Crippen molar-refractivity contribution in [1.82, 2.24) is 4.98 Å². The van der Waals surface area contributed by atoms with Crippen molar-refractivity contribution in [3.63, 3.8) is 0 Å². The van der Waals surface area contributed by atoms with E-state index in [-0.39, 0.29) is 5.41 Å². The minimum Gasteiger partial charge on any atom is -0.236 e. The van der Waals surface area contributed by atoms with E-state index in [1.54, 1.807) is 11.3 Å². The summed E-state index contributed by atoms with van der Waals surface area (Å²) in [6, 6.07) is 14.5. The molecule has 0 spiro atoms. The predicted octanol–water partition coefficient (Wildman–Crippen LogP) is 5.91. The molecule has 1 aromatic heterocycles. The Bertz CT molecular complexity index is 751. The Morgan fingerprint density at radius 1 is 1.00 bits per heavy atom. The van der Waals surface area contributed by atoms with Gasteiger partial charge in [-0.15, -0.1) is 11.3 Å². The highest BCUT2D eigenvalue weighted by Crippen LogP contribution is 2.32. The Morgan fingerprint density at radius 2 is 1.70 bits per heavy atom. The number of halogens is 1. The van der Waals surface area contributed by atoms with Gasteiger partial charge in [0.15, 0.2) is 0 Å². The topological polar surface area (TPSA) is 12.9 Å². The fraction of sp³-hybridized carbons (Fsp3) is 0.235. The van der Waals surface area contributed by atoms with Crippen molar-refractivity contribution in [2.45, 2.75) is 26.2 Å². The van der Waals surface area contributed by atoms with Crippen molar-refractivity contribution in [3.8, 4) is 10.6 Å². The van der Waals surface area contributed by atoms with E-state index in [2.05, 4.69) is 50.0 Å². The number of hydrogen-bond donors (Lipinski definition) is 0. The van der Waals surface area contributed by atoms with E-state index >= 15 is 0 Å². The maximum Gasteiger partial charge on any atom is 0.124 e. The zero-order valence-electron chi connectivity index (χ0n) is 11.8. The minimum absolute atomic E-state index is 0.180. The van der Waals surface area contributed by atoms with Crippen LogP contribution in [0.5, 0.6) is 0 Å². The van der Waals surface area contributed by atoms with Crippen molar-refractivity contribution < 1.29 is 0 Å². The molecular weight excluding hydrogens is 286 g/mol. The SMILES string of the molecule is CC(C)(C)c1ccc(-c2nc3ccc(Cl)cc3s2)cc1. The average Bonchev–Trinajstić information content (AvgIpc) is 2.80. The summed E-state index contributed by atoms with van der Waals surface area (Å²) in [5.74, 6) is 0. The van der Waals surface area contributed by atoms with Crippen molar-refractivity contribution in [2.75, 3.05) is 0 Å². The molecule has 0 saturated heterocycles. The lowest BCUT2D eigenvalue weighted by molar-refractivity contribution is 0.590. The van der Waals surface area contributed by atoms with Gasteiger partial charge in [-0.25, -0.2) is 4.98 Å². The normalized spacial score (nSPS) is 12.0. The van der Waals surface area contributed by atoms with Crippen molar-refractivity contribution in [2.24, 2.45) is 0 Å². The van der Waals surface area contributed by atoms with E-state index in [1.165, 1.54) is 5.56 Å². The van der Waals surface area contributed by atoms with Gasteiger partial charge in [0, 0.05) is 10.6 Å². The Labute approximate surface area is 128 Å². The lowest BCUT2D eigenvalue weighted by atomic mass is 9.87. The van der Waals surface area contributed by atoms with Crippen molar-refractivity contribution in [3.05, 3.63) is 53.1 Å². The van der Waals surface area contributed by atoms with Gasteiger partial charge in [-0.2, -0.15) is 0 Å². The molecule has 0 N–H and O–H groups in total. The van der Waals surface area contributed by atoms with Crippen LogP contribution in [0.15, 0.2) is 42.5 Å². The lowest BCUT2D eigenvalue weighted by Gasteiger charge is -2.18. The highest BCUT2D eigenvalue weighted by molar-refractivity contribution is 7.21. The smallest absolute Gasteiger partial charge is 0.124 e. The number of hydrogen-bond acceptors (Lipinski definition) is 2. The standard InChI is InChI=1S/C17H16ClNS/c1-17(2,3)12-6-4-11(5-7-12)16-19-14-9-8-13(18)10-15(14)20-16/h4-10H,1-3H3. The van der Waals surface area contributed by atoms with Gasteiger partial charge in [0.1, 0.15) is 5.01 Å². The zero-order valence-corrected chi connectivity index (χ0v) is 13.3. The molecule has 0 unspecified atom stereocenters. The van der Waals surface area contributed by atoms with E-state index in [0.29, 0.717) is 0 Å². The van der Waals surface area contributed by atoms with Gasteiger partial charge >= 0.3 is 0 Å². The third-order valence-corrected chi connectivity index (χ3v) is 4.65. The molecule has 0 fully saturated rings. The number of aromatic nitrogens is 1. The molecule has 3 aromatic rings. The van der Waals surface area contributed by atoms with Crippen LogP contribution in [0.4, 0.5) is 0 Å². The first-order valence-corrected chi connectivity index (χ1v) is 7.80. The Morgan fingerprint density at radius 3 is 2.35 bits per heavy atom. The molecule has 0 amide bonds. The maximum absolute atomic E-state index is 6.02. The second-order valence-corrected chi connectivity index (χ2v) is 7.43. The summed E-state index contributed by atoms with van der Waals surface area (Å²) in [6.45, 7) is 6.67. The molecule has 3 heteroatoms. The number of fused-ring (bicyclic) bond motifs is 1. The Kier molecular flexibility index (Phi) is 3.31. The molecule has 0 saturated carbocycles. The molecule has 0 aliphatic heterocycles. The van der Waals surface area contributed by atoms with E-state index in [9.17, 15) is 0 Å². The van der Waals surface area contributed by atoms with Crippen LogP contribution in [0.25, 0.3) is 20.8 Å². The zero-order chi connectivity index (χ0) is 14.3. The highest BCUT2D eigenvalue weighted by atomic mass is 35.5. The van der Waals surface area contributed by atoms with Crippen LogP contribution in [-0.2, 0) is 5.41 Å². The third kappa shape index (κ3) is 2.58. The molecule has 3 rings (SSSR count). The van der Waals surface area contributed by atoms with E-state index < -0.39 is 0 Å². The highest BCUT2D eigenvalue weighted by Gasteiger charge is 2.14. The minimum atomic E-state index is 0.180. The van der Waals surface area contributed by atoms with Gasteiger partial charge in [-0.1, -0.05) is 56.6 Å². The summed E-state index contributed by atoms with van der Waals surface area (Å²) in [5, 5.41) is 1.80. The summed E-state index contributed by atoms with van der Waals surface area (Å²) < 4.78 is 1.13. The molecule has 0 radical (unpaired) electrons. The summed E-state index contributed by atoms with van der Waals surface area (Å²) >= 11 is 7.71. The maximum atomic E-state index is 6.02. The van der Waals surface area contributed by atoms with Crippen LogP contribution in [0.2, 0.25) is 5.02 Å². The second kappa shape index (κ2) is 4.87. The van der Waals surface area contributed by atoms with Crippen molar-refractivity contribution in [1.29, 1.82) is 0 Å². The van der Waals surface area contributed by atoms with Crippen LogP contribution in [-0.4, -0.2) is 4.98 Å². The van der Waals surface area contributed by atoms with Gasteiger partial charge in [0.25, 0.3) is 0 Å². The Hall–Kier alpha value is -1.38. The molecule has 0 bridgehead atoms. The number of rotatable bonds is 1. The largest absolute Gasteiger partial charge is 0.236 e. The molecule has 1 heterocycles. The monoisotopic (exact) mass is 301 g/mol. The third-order valence-electron chi connectivity index (χ3n) is 3.35. The fourth-order valence-corrected chi connectivity index (χ4v) is 3.38. The predicted molar refractivity (Wildman–Crippen MR) is 88.8 cm³/mol. The fourth-order valence-electron chi connectivity index (χ4n) is 2.13. The van der Waals surface area contributed by atoms with Gasteiger partial charge in [0.05, 0.1) is 10.2 Å². The van der Waals surface area contributed by atoms with E-state index in [0.717, 1.165) is 25.8 Å². The van der Waals surface area contributed by atoms with Crippen LogP contribution >= 0.6 is 22.9 Å². The molecule has 20 heavy (non-hydrogen) atoms. The van der Waals surface area contributed by atoms with Gasteiger partial charge in [-0.05, 0) is 29.2 Å². The van der Waals surface area contributed by atoms with Gasteiger partial charge in [0.2, 0.25) is 0 Å². The summed E-state index contributed by atoms with van der Waals surface area (Å²) in [5.41, 5.74) is 3.69. The number of nitrogens with zero attached hydrogens (tertiary/aromatic N) is 1. The first-order chi connectivity index (χ1) is 9.43. The molecule has 0 aliphatic carbocycles. The van der Waals surface area contributed by atoms with Gasteiger partial charge in [-0.3, -0.25) is 0 Å². The first-order valence-electron chi connectivity index (χ1n) is 6.60. The van der Waals surface area contributed by atoms with Crippen molar-refractivity contribution >= 4 is 33.2 Å². The molecule has 0 atom stereocenters. The molecular formula is C17H16ClNS. The second-order valence-electron chi connectivity index (χ2n) is 5.96. The van der Waals surface area contributed by atoms with E-state index in [4.69, 9.17) is 11.6 Å². The van der Waals surface area contributed by atoms with Crippen LogP contribution in [0, 0.1) is 0 Å². The summed E-state index contributed by atoms with van der Waals surface area (Å²) in [7, 11) is 0. The molecule has 102 valence electrons. The first kappa shape index (κ1) is 13.6. The molecule has 2 aromatic carbocycles. The number of thiazole rings is 1. The summed E-state index contributed by atoms with van der Waals surface area (Å²) in [6.07, 6.45) is 0. The average molecular weight is 302 g/mol. The van der Waals surface area contributed by atoms with Crippen LogP contribution in [0.1, 0.15) is 26.3 Å². The van der Waals surface area contributed by atoms with Gasteiger partial charge < -0.3 is 0 Å². The quantitative estimate of drug-likeness (QED) is 0.544. The van der Waals surface area contributed by atoms with E-state index in [1.807, 2.05) is 18.2 Å². The van der Waals surface area contributed by atoms with Crippen LogP contribution < -0.4 is 0 Å². The molecule has 0 aliphatic rings. The van der Waals surface area contributed by atoms with Crippen LogP contribution in [0.3, 0.4) is 0 Å². The number of benzene rings is 2. The summed E-state index contributed by atoms with van der Waals surface area (Å²) in [4.78, 5) is 4.68.